The van der Waals surface area contributed by atoms with Crippen LogP contribution in [0, 0.1) is 0 Å². The lowest BCUT2D eigenvalue weighted by Gasteiger charge is -2.33. The summed E-state index contributed by atoms with van der Waals surface area (Å²) in [6.45, 7) is 5.07. The van der Waals surface area contributed by atoms with Gasteiger partial charge in [0.05, 0.1) is 7.11 Å². The molecule has 1 aromatic heterocycles. The van der Waals surface area contributed by atoms with Gasteiger partial charge in [0.2, 0.25) is 0 Å². The summed E-state index contributed by atoms with van der Waals surface area (Å²) >= 11 is 0. The number of anilines is 1. The Labute approximate surface area is 147 Å². The monoisotopic (exact) mass is 334 g/mol. The van der Waals surface area contributed by atoms with Crippen molar-refractivity contribution >= 4 is 16.6 Å². The molecule has 5 nitrogen and oxygen atoms in total. The highest BCUT2D eigenvalue weighted by molar-refractivity contribution is 6.00. The number of rotatable bonds is 3. The van der Waals surface area contributed by atoms with E-state index >= 15 is 0 Å². The Morgan fingerprint density at radius 1 is 1.04 bits per heavy atom. The predicted octanol–water partition coefficient (Wildman–Crippen LogP) is 3.10. The van der Waals surface area contributed by atoms with Crippen molar-refractivity contribution in [3.8, 4) is 17.0 Å². The van der Waals surface area contributed by atoms with Crippen molar-refractivity contribution in [2.24, 2.45) is 0 Å². The fourth-order valence-corrected chi connectivity index (χ4v) is 3.41. The zero-order chi connectivity index (χ0) is 17.2. The van der Waals surface area contributed by atoms with Gasteiger partial charge in [0.25, 0.3) is 0 Å². The number of aromatic nitrogens is 2. The molecule has 1 saturated heterocycles. The van der Waals surface area contributed by atoms with Crippen molar-refractivity contribution in [2.75, 3.05) is 31.6 Å². The maximum atomic E-state index is 5.25. The zero-order valence-corrected chi connectivity index (χ0v) is 14.6. The fourth-order valence-electron chi connectivity index (χ4n) is 3.41. The molecule has 0 radical (unpaired) electrons. The standard InChI is InChI=1S/C20H22N4O/c1-14-13-24(12-11-21-14)20-18-6-4-3-5-17(18)19(22-23-20)15-7-9-16(25-2)10-8-15/h3-10,14,21H,11-13H2,1-2H3/t14-/m0/s1. The second-order valence-electron chi connectivity index (χ2n) is 6.45. The van der Waals surface area contributed by atoms with Crippen molar-refractivity contribution < 1.29 is 4.74 Å². The molecule has 1 fully saturated rings. The maximum Gasteiger partial charge on any atom is 0.159 e. The second-order valence-corrected chi connectivity index (χ2v) is 6.45. The molecular formula is C20H22N4O. The number of methoxy groups -OCH3 is 1. The van der Waals surface area contributed by atoms with Gasteiger partial charge in [-0.3, -0.25) is 0 Å². The SMILES string of the molecule is COc1ccc(-c2nnc(N3CCN[C@@H](C)C3)c3ccccc23)cc1. The van der Waals surface area contributed by atoms with E-state index < -0.39 is 0 Å². The van der Waals surface area contributed by atoms with E-state index in [0.29, 0.717) is 6.04 Å². The van der Waals surface area contributed by atoms with E-state index in [0.717, 1.165) is 53.2 Å². The van der Waals surface area contributed by atoms with E-state index in [1.165, 1.54) is 0 Å². The lowest BCUT2D eigenvalue weighted by molar-refractivity contribution is 0.415. The highest BCUT2D eigenvalue weighted by atomic mass is 16.5. The molecule has 0 unspecified atom stereocenters. The van der Waals surface area contributed by atoms with Gasteiger partial charge in [-0.05, 0) is 31.2 Å². The summed E-state index contributed by atoms with van der Waals surface area (Å²) in [6.07, 6.45) is 0. The smallest absolute Gasteiger partial charge is 0.159 e. The van der Waals surface area contributed by atoms with Gasteiger partial charge in [-0.1, -0.05) is 24.3 Å². The molecule has 0 saturated carbocycles. The molecule has 128 valence electrons. The van der Waals surface area contributed by atoms with Gasteiger partial charge >= 0.3 is 0 Å². The van der Waals surface area contributed by atoms with Crippen LogP contribution in [0.5, 0.6) is 5.75 Å². The molecular weight excluding hydrogens is 312 g/mol. The lowest BCUT2D eigenvalue weighted by Crippen LogP contribution is -2.49. The normalized spacial score (nSPS) is 17.7. The van der Waals surface area contributed by atoms with Crippen LogP contribution >= 0.6 is 0 Å². The average Bonchev–Trinajstić information content (AvgIpc) is 2.67. The average molecular weight is 334 g/mol. The third-order valence-corrected chi connectivity index (χ3v) is 4.70. The van der Waals surface area contributed by atoms with Gasteiger partial charge in [0.1, 0.15) is 11.4 Å². The van der Waals surface area contributed by atoms with Crippen molar-refractivity contribution in [2.45, 2.75) is 13.0 Å². The van der Waals surface area contributed by atoms with Gasteiger partial charge < -0.3 is 15.0 Å². The number of ether oxygens (including phenoxy) is 1. The van der Waals surface area contributed by atoms with Crippen molar-refractivity contribution in [1.29, 1.82) is 0 Å². The molecule has 0 amide bonds. The Bertz CT molecular complexity index is 879. The Balaban J connectivity index is 1.81. The first-order valence-electron chi connectivity index (χ1n) is 8.64. The molecule has 2 heterocycles. The molecule has 5 heteroatoms. The molecule has 0 bridgehead atoms. The quantitative estimate of drug-likeness (QED) is 0.798. The molecule has 1 atom stereocenters. The molecule has 2 aromatic carbocycles. The van der Waals surface area contributed by atoms with Crippen molar-refractivity contribution in [3.63, 3.8) is 0 Å². The molecule has 1 aliphatic heterocycles. The Hall–Kier alpha value is -2.66. The molecule has 0 spiro atoms. The first-order valence-corrected chi connectivity index (χ1v) is 8.64. The molecule has 0 aliphatic carbocycles. The van der Waals surface area contributed by atoms with Gasteiger partial charge in [-0.25, -0.2) is 0 Å². The highest BCUT2D eigenvalue weighted by Gasteiger charge is 2.20. The van der Waals surface area contributed by atoms with Crippen LogP contribution in [-0.4, -0.2) is 43.0 Å². The van der Waals surface area contributed by atoms with Crippen LogP contribution < -0.4 is 15.0 Å². The van der Waals surface area contributed by atoms with Gasteiger partial charge in [-0.15, -0.1) is 10.2 Å². The van der Waals surface area contributed by atoms with E-state index in [1.54, 1.807) is 7.11 Å². The third-order valence-electron chi connectivity index (χ3n) is 4.70. The van der Waals surface area contributed by atoms with E-state index in [4.69, 9.17) is 4.74 Å². The Morgan fingerprint density at radius 2 is 1.80 bits per heavy atom. The molecule has 4 rings (SSSR count). The van der Waals surface area contributed by atoms with E-state index in [-0.39, 0.29) is 0 Å². The van der Waals surface area contributed by atoms with E-state index in [2.05, 4.69) is 51.6 Å². The molecule has 25 heavy (non-hydrogen) atoms. The van der Waals surface area contributed by atoms with E-state index in [9.17, 15) is 0 Å². The summed E-state index contributed by atoms with van der Waals surface area (Å²) in [5.41, 5.74) is 1.95. The summed E-state index contributed by atoms with van der Waals surface area (Å²) in [6, 6.07) is 16.8. The topological polar surface area (TPSA) is 50.3 Å². The van der Waals surface area contributed by atoms with Crippen LogP contribution in [0.2, 0.25) is 0 Å². The molecule has 3 aromatic rings. The van der Waals surface area contributed by atoms with Gasteiger partial charge in [0, 0.05) is 42.0 Å². The third kappa shape index (κ3) is 3.03. The number of piperazine rings is 1. The first-order chi connectivity index (χ1) is 12.3. The van der Waals surface area contributed by atoms with Crippen LogP contribution in [0.1, 0.15) is 6.92 Å². The molecule has 1 N–H and O–H groups in total. The largest absolute Gasteiger partial charge is 0.497 e. The number of benzene rings is 2. The highest BCUT2D eigenvalue weighted by Crippen LogP contribution is 2.32. The number of hydrogen-bond donors (Lipinski definition) is 1. The van der Waals surface area contributed by atoms with Gasteiger partial charge in [0.15, 0.2) is 5.82 Å². The van der Waals surface area contributed by atoms with Crippen LogP contribution in [0.15, 0.2) is 48.5 Å². The summed E-state index contributed by atoms with van der Waals surface area (Å²) in [4.78, 5) is 2.33. The molecule has 1 aliphatic rings. The fraction of sp³-hybridized carbons (Fsp3) is 0.300. The van der Waals surface area contributed by atoms with Crippen LogP contribution in [-0.2, 0) is 0 Å². The van der Waals surface area contributed by atoms with Crippen molar-refractivity contribution in [3.05, 3.63) is 48.5 Å². The van der Waals surface area contributed by atoms with Crippen LogP contribution in [0.4, 0.5) is 5.82 Å². The second kappa shape index (κ2) is 6.69. The summed E-state index contributed by atoms with van der Waals surface area (Å²) in [7, 11) is 1.67. The summed E-state index contributed by atoms with van der Waals surface area (Å²) < 4.78 is 5.25. The lowest BCUT2D eigenvalue weighted by atomic mass is 10.0. The minimum atomic E-state index is 0.454. The predicted molar refractivity (Wildman–Crippen MR) is 101 cm³/mol. The first kappa shape index (κ1) is 15.8. The summed E-state index contributed by atoms with van der Waals surface area (Å²) in [5.74, 6) is 1.81. The minimum absolute atomic E-state index is 0.454. The Kier molecular flexibility index (Phi) is 4.24. The van der Waals surface area contributed by atoms with Crippen LogP contribution in [0.3, 0.4) is 0 Å². The van der Waals surface area contributed by atoms with Gasteiger partial charge in [-0.2, -0.15) is 0 Å². The number of fused-ring (bicyclic) bond motifs is 1. The number of nitrogens with one attached hydrogen (secondary N) is 1. The van der Waals surface area contributed by atoms with E-state index in [1.807, 2.05) is 24.3 Å². The zero-order valence-electron chi connectivity index (χ0n) is 14.6. The Morgan fingerprint density at radius 3 is 2.52 bits per heavy atom. The van der Waals surface area contributed by atoms with Crippen molar-refractivity contribution in [1.82, 2.24) is 15.5 Å². The number of nitrogens with zero attached hydrogens (tertiary/aromatic N) is 3. The maximum absolute atomic E-state index is 5.25. The summed E-state index contributed by atoms with van der Waals surface area (Å²) in [5, 5.41) is 14.9. The number of hydrogen-bond acceptors (Lipinski definition) is 5. The van der Waals surface area contributed by atoms with Crippen LogP contribution in [0.25, 0.3) is 22.0 Å². The minimum Gasteiger partial charge on any atom is -0.497 e.